The predicted molar refractivity (Wildman–Crippen MR) is 88.9 cm³/mol. The summed E-state index contributed by atoms with van der Waals surface area (Å²) in [5, 5.41) is 6.03. The van der Waals surface area contributed by atoms with E-state index in [-0.39, 0.29) is 12.5 Å². The standard InChI is InChI=1S/C17H21N5O/c1-2-14-9-15(19-11-16(23)20-10-12-3-4-12)22-17(21-14)13-5-7-18-8-6-13/h5-9,12H,2-4,10-11H2,1H3,(H,20,23)(H,19,21,22). The average Bonchev–Trinajstić information content (AvgIpc) is 3.43. The number of rotatable bonds is 7. The van der Waals surface area contributed by atoms with Gasteiger partial charge in [0, 0.05) is 36.3 Å². The summed E-state index contributed by atoms with van der Waals surface area (Å²) in [4.78, 5) is 24.9. The zero-order valence-electron chi connectivity index (χ0n) is 13.2. The molecule has 6 nitrogen and oxygen atoms in total. The molecule has 0 radical (unpaired) electrons. The van der Waals surface area contributed by atoms with E-state index in [1.165, 1.54) is 12.8 Å². The first-order valence-electron chi connectivity index (χ1n) is 8.03. The molecule has 2 heterocycles. The van der Waals surface area contributed by atoms with Crippen molar-refractivity contribution in [2.75, 3.05) is 18.4 Å². The van der Waals surface area contributed by atoms with Crippen LogP contribution < -0.4 is 10.6 Å². The molecule has 3 rings (SSSR count). The van der Waals surface area contributed by atoms with Crippen LogP contribution in [0.5, 0.6) is 0 Å². The highest BCUT2D eigenvalue weighted by atomic mass is 16.1. The molecular weight excluding hydrogens is 290 g/mol. The lowest BCUT2D eigenvalue weighted by Gasteiger charge is -2.10. The fourth-order valence-electron chi connectivity index (χ4n) is 2.21. The number of nitrogens with one attached hydrogen (secondary N) is 2. The summed E-state index contributed by atoms with van der Waals surface area (Å²) < 4.78 is 0. The first-order valence-corrected chi connectivity index (χ1v) is 8.03. The summed E-state index contributed by atoms with van der Waals surface area (Å²) in [5.41, 5.74) is 1.85. The molecule has 1 saturated carbocycles. The van der Waals surface area contributed by atoms with Crippen LogP contribution in [0.4, 0.5) is 5.82 Å². The molecule has 1 aliphatic rings. The normalized spacial score (nSPS) is 13.6. The summed E-state index contributed by atoms with van der Waals surface area (Å²) in [7, 11) is 0. The van der Waals surface area contributed by atoms with Crippen molar-refractivity contribution in [3.8, 4) is 11.4 Å². The van der Waals surface area contributed by atoms with Gasteiger partial charge in [-0.25, -0.2) is 9.97 Å². The first kappa shape index (κ1) is 15.4. The van der Waals surface area contributed by atoms with Crippen molar-refractivity contribution in [2.45, 2.75) is 26.2 Å². The molecule has 0 spiro atoms. The van der Waals surface area contributed by atoms with Crippen LogP contribution in [0, 0.1) is 5.92 Å². The van der Waals surface area contributed by atoms with Gasteiger partial charge in [0.1, 0.15) is 5.82 Å². The third-order valence-corrected chi connectivity index (χ3v) is 3.79. The number of anilines is 1. The number of hydrogen-bond donors (Lipinski definition) is 2. The molecule has 0 aliphatic heterocycles. The van der Waals surface area contributed by atoms with Crippen LogP contribution in [0.25, 0.3) is 11.4 Å². The van der Waals surface area contributed by atoms with Crippen molar-refractivity contribution in [2.24, 2.45) is 5.92 Å². The molecule has 6 heteroatoms. The van der Waals surface area contributed by atoms with E-state index in [0.717, 1.165) is 24.2 Å². The van der Waals surface area contributed by atoms with Crippen LogP contribution in [-0.2, 0) is 11.2 Å². The average molecular weight is 311 g/mol. The highest BCUT2D eigenvalue weighted by Gasteiger charge is 2.21. The van der Waals surface area contributed by atoms with Gasteiger partial charge in [0.15, 0.2) is 5.82 Å². The molecular formula is C17H21N5O. The third kappa shape index (κ3) is 4.48. The monoisotopic (exact) mass is 311 g/mol. The van der Waals surface area contributed by atoms with Crippen LogP contribution in [0.3, 0.4) is 0 Å². The quantitative estimate of drug-likeness (QED) is 0.818. The number of nitrogens with zero attached hydrogens (tertiary/aromatic N) is 3. The smallest absolute Gasteiger partial charge is 0.239 e. The van der Waals surface area contributed by atoms with Gasteiger partial charge in [-0.3, -0.25) is 9.78 Å². The lowest BCUT2D eigenvalue weighted by Crippen LogP contribution is -2.31. The van der Waals surface area contributed by atoms with Crippen LogP contribution in [0.15, 0.2) is 30.6 Å². The Hall–Kier alpha value is -2.50. The second-order valence-electron chi connectivity index (χ2n) is 5.76. The largest absolute Gasteiger partial charge is 0.361 e. The van der Waals surface area contributed by atoms with Gasteiger partial charge in [0.25, 0.3) is 0 Å². The maximum atomic E-state index is 11.8. The maximum Gasteiger partial charge on any atom is 0.239 e. The number of aryl methyl sites for hydroxylation is 1. The van der Waals surface area contributed by atoms with Crippen molar-refractivity contribution in [3.63, 3.8) is 0 Å². The van der Waals surface area contributed by atoms with Crippen molar-refractivity contribution < 1.29 is 4.79 Å². The molecule has 0 bridgehead atoms. The highest BCUT2D eigenvalue weighted by Crippen LogP contribution is 2.27. The molecule has 2 aromatic heterocycles. The zero-order valence-corrected chi connectivity index (χ0v) is 13.2. The van der Waals surface area contributed by atoms with E-state index in [2.05, 4.69) is 25.6 Å². The Morgan fingerprint density at radius 3 is 2.74 bits per heavy atom. The SMILES string of the molecule is CCc1cc(NCC(=O)NCC2CC2)nc(-c2ccncc2)n1. The topological polar surface area (TPSA) is 79.8 Å². The summed E-state index contributed by atoms with van der Waals surface area (Å²) >= 11 is 0. The number of amides is 1. The lowest BCUT2D eigenvalue weighted by molar-refractivity contribution is -0.119. The summed E-state index contributed by atoms with van der Waals surface area (Å²) in [6.45, 7) is 3.06. The minimum atomic E-state index is -0.000906. The van der Waals surface area contributed by atoms with Crippen molar-refractivity contribution in [1.82, 2.24) is 20.3 Å². The van der Waals surface area contributed by atoms with E-state index in [1.807, 2.05) is 25.1 Å². The van der Waals surface area contributed by atoms with Gasteiger partial charge in [-0.1, -0.05) is 6.92 Å². The van der Waals surface area contributed by atoms with Gasteiger partial charge in [-0.2, -0.15) is 0 Å². The number of hydrogen-bond acceptors (Lipinski definition) is 5. The second kappa shape index (κ2) is 7.17. The van der Waals surface area contributed by atoms with Gasteiger partial charge in [0.05, 0.1) is 6.54 Å². The Morgan fingerprint density at radius 1 is 1.26 bits per heavy atom. The number of carbonyl (C=O) groups is 1. The predicted octanol–water partition coefficient (Wildman–Crippen LogP) is 2.04. The molecule has 1 amide bonds. The van der Waals surface area contributed by atoms with Gasteiger partial charge in [-0.05, 0) is 37.3 Å². The van der Waals surface area contributed by atoms with E-state index in [4.69, 9.17) is 0 Å². The number of pyridine rings is 1. The minimum Gasteiger partial charge on any atom is -0.361 e. The Morgan fingerprint density at radius 2 is 2.04 bits per heavy atom. The third-order valence-electron chi connectivity index (χ3n) is 3.79. The molecule has 2 aromatic rings. The van der Waals surface area contributed by atoms with Crippen molar-refractivity contribution in [3.05, 3.63) is 36.3 Å². The van der Waals surface area contributed by atoms with Gasteiger partial charge < -0.3 is 10.6 Å². The molecule has 0 unspecified atom stereocenters. The van der Waals surface area contributed by atoms with Crippen LogP contribution in [-0.4, -0.2) is 33.9 Å². The van der Waals surface area contributed by atoms with E-state index < -0.39 is 0 Å². The van der Waals surface area contributed by atoms with Gasteiger partial charge in [-0.15, -0.1) is 0 Å². The molecule has 0 saturated heterocycles. The molecule has 120 valence electrons. The second-order valence-corrected chi connectivity index (χ2v) is 5.76. The Kier molecular flexibility index (Phi) is 4.80. The van der Waals surface area contributed by atoms with Gasteiger partial charge >= 0.3 is 0 Å². The molecule has 1 aliphatic carbocycles. The zero-order chi connectivity index (χ0) is 16.1. The molecule has 0 atom stereocenters. The maximum absolute atomic E-state index is 11.8. The molecule has 1 fully saturated rings. The van der Waals surface area contributed by atoms with E-state index >= 15 is 0 Å². The lowest BCUT2D eigenvalue weighted by atomic mass is 10.2. The highest BCUT2D eigenvalue weighted by molar-refractivity contribution is 5.80. The Bertz CT molecular complexity index is 670. The van der Waals surface area contributed by atoms with Crippen molar-refractivity contribution in [1.29, 1.82) is 0 Å². The van der Waals surface area contributed by atoms with Crippen LogP contribution in [0.1, 0.15) is 25.5 Å². The fourth-order valence-corrected chi connectivity index (χ4v) is 2.21. The Balaban J connectivity index is 1.67. The number of aromatic nitrogens is 3. The summed E-state index contributed by atoms with van der Waals surface area (Å²) in [6.07, 6.45) is 6.71. The van der Waals surface area contributed by atoms with Gasteiger partial charge in [0.2, 0.25) is 5.91 Å². The van der Waals surface area contributed by atoms with E-state index in [1.54, 1.807) is 12.4 Å². The summed E-state index contributed by atoms with van der Waals surface area (Å²) in [5.74, 6) is 2.00. The van der Waals surface area contributed by atoms with E-state index in [9.17, 15) is 4.79 Å². The first-order chi connectivity index (χ1) is 11.2. The number of carbonyl (C=O) groups excluding carboxylic acids is 1. The molecule has 23 heavy (non-hydrogen) atoms. The Labute approximate surface area is 135 Å². The van der Waals surface area contributed by atoms with E-state index in [0.29, 0.717) is 17.6 Å². The fraction of sp³-hybridized carbons (Fsp3) is 0.412. The summed E-state index contributed by atoms with van der Waals surface area (Å²) in [6, 6.07) is 5.64. The van der Waals surface area contributed by atoms with Crippen molar-refractivity contribution >= 4 is 11.7 Å². The molecule has 2 N–H and O–H groups in total. The molecule has 0 aromatic carbocycles. The van der Waals surface area contributed by atoms with Crippen LogP contribution >= 0.6 is 0 Å². The van der Waals surface area contributed by atoms with Crippen LogP contribution in [0.2, 0.25) is 0 Å². The minimum absolute atomic E-state index is 0.000906.